The quantitative estimate of drug-likeness (QED) is 0.478. The van der Waals surface area contributed by atoms with Gasteiger partial charge < -0.3 is 18.6 Å². The van der Waals surface area contributed by atoms with Crippen molar-refractivity contribution in [2.24, 2.45) is 5.10 Å². The molecule has 3 aromatic rings. The van der Waals surface area contributed by atoms with E-state index in [1.807, 2.05) is 6.07 Å². The van der Waals surface area contributed by atoms with Crippen LogP contribution in [0.5, 0.6) is 17.2 Å². The van der Waals surface area contributed by atoms with Gasteiger partial charge in [0.05, 0.1) is 27.5 Å². The van der Waals surface area contributed by atoms with E-state index in [9.17, 15) is 9.65 Å². The molecule has 1 N–H and O–H groups in total. The Hall–Kier alpha value is -4.06. The van der Waals surface area contributed by atoms with Gasteiger partial charge in [-0.15, -0.1) is 0 Å². The Labute approximate surface area is 166 Å². The Morgan fingerprint density at radius 3 is 2.31 bits per heavy atom. The molecule has 3 rings (SSSR count). The van der Waals surface area contributed by atoms with Crippen LogP contribution in [0.3, 0.4) is 0 Å². The maximum absolute atomic E-state index is 13.1. The van der Waals surface area contributed by atoms with Gasteiger partial charge in [-0.1, -0.05) is 0 Å². The van der Waals surface area contributed by atoms with Crippen LogP contribution in [-0.2, 0) is 0 Å². The lowest BCUT2D eigenvalue weighted by Gasteiger charge is -2.12. The number of nitrogens with zero attached hydrogens (tertiary/aromatic N) is 3. The van der Waals surface area contributed by atoms with E-state index in [4.69, 9.17) is 18.6 Å². The van der Waals surface area contributed by atoms with Gasteiger partial charge in [0.15, 0.2) is 11.5 Å². The van der Waals surface area contributed by atoms with E-state index in [-0.39, 0.29) is 23.3 Å². The van der Waals surface area contributed by atoms with Gasteiger partial charge in [0, 0.05) is 11.1 Å². The zero-order valence-electron chi connectivity index (χ0n) is 15.9. The Balaban J connectivity index is 1.83. The van der Waals surface area contributed by atoms with Crippen molar-refractivity contribution in [2.45, 2.75) is 0 Å². The number of nitriles is 1. The first-order valence-electron chi connectivity index (χ1n) is 8.35. The van der Waals surface area contributed by atoms with Crippen molar-refractivity contribution in [3.05, 3.63) is 53.5 Å². The Morgan fingerprint density at radius 1 is 1.10 bits per heavy atom. The zero-order valence-corrected chi connectivity index (χ0v) is 15.9. The zero-order chi connectivity index (χ0) is 20.8. The molecule has 1 aromatic heterocycles. The van der Waals surface area contributed by atoms with Gasteiger partial charge >= 0.3 is 0 Å². The second-order valence-electron chi connectivity index (χ2n) is 5.64. The van der Waals surface area contributed by atoms with Crippen LogP contribution in [0.1, 0.15) is 11.3 Å². The standard InChI is InChI=1S/C20H17FN4O4/c1-26-16-8-12(9-17(27-2)18(16)28-3)11-23-25-20-15(10-22)24-19(29-20)13-4-6-14(21)7-5-13/h4-9,11,25H,1-3H3/b23-11-. The van der Waals surface area contributed by atoms with Crippen LogP contribution in [0.2, 0.25) is 0 Å². The number of anilines is 1. The smallest absolute Gasteiger partial charge is 0.252 e. The largest absolute Gasteiger partial charge is 0.493 e. The first-order valence-corrected chi connectivity index (χ1v) is 8.35. The highest BCUT2D eigenvalue weighted by molar-refractivity contribution is 5.83. The molecule has 0 aliphatic carbocycles. The second kappa shape index (κ2) is 8.75. The molecule has 1 heterocycles. The van der Waals surface area contributed by atoms with E-state index in [1.54, 1.807) is 12.1 Å². The molecule has 0 saturated heterocycles. The third kappa shape index (κ3) is 4.27. The van der Waals surface area contributed by atoms with Crippen molar-refractivity contribution >= 4 is 12.1 Å². The first-order chi connectivity index (χ1) is 14.1. The number of aromatic nitrogens is 1. The lowest BCUT2D eigenvalue weighted by molar-refractivity contribution is 0.324. The lowest BCUT2D eigenvalue weighted by Crippen LogP contribution is -1.97. The summed E-state index contributed by atoms with van der Waals surface area (Å²) < 4.78 is 34.5. The third-order valence-corrected chi connectivity index (χ3v) is 3.89. The molecule has 0 aliphatic heterocycles. The summed E-state index contributed by atoms with van der Waals surface area (Å²) in [6.07, 6.45) is 1.49. The molecule has 29 heavy (non-hydrogen) atoms. The van der Waals surface area contributed by atoms with Gasteiger partial charge in [-0.25, -0.2) is 9.82 Å². The minimum Gasteiger partial charge on any atom is -0.493 e. The van der Waals surface area contributed by atoms with Gasteiger partial charge in [0.25, 0.3) is 5.88 Å². The fourth-order valence-electron chi connectivity index (χ4n) is 2.53. The molecule has 9 heteroatoms. The minimum absolute atomic E-state index is 0.0198. The third-order valence-electron chi connectivity index (χ3n) is 3.89. The monoisotopic (exact) mass is 396 g/mol. The summed E-state index contributed by atoms with van der Waals surface area (Å²) in [5, 5.41) is 13.3. The number of nitrogens with one attached hydrogen (secondary N) is 1. The average molecular weight is 396 g/mol. The van der Waals surface area contributed by atoms with Gasteiger partial charge in [-0.05, 0) is 36.4 Å². The fourth-order valence-corrected chi connectivity index (χ4v) is 2.53. The SMILES string of the molecule is COc1cc(/C=N\Nc2oc(-c3ccc(F)cc3)nc2C#N)cc(OC)c1OC. The summed E-state index contributed by atoms with van der Waals surface area (Å²) >= 11 is 0. The number of halogens is 1. The topological polar surface area (TPSA) is 102 Å². The Morgan fingerprint density at radius 2 is 1.76 bits per heavy atom. The molecule has 0 unspecified atom stereocenters. The van der Waals surface area contributed by atoms with Crippen LogP contribution in [0, 0.1) is 17.1 Å². The van der Waals surface area contributed by atoms with E-state index in [2.05, 4.69) is 15.5 Å². The van der Waals surface area contributed by atoms with Gasteiger partial charge in [-0.2, -0.15) is 15.3 Å². The van der Waals surface area contributed by atoms with Crippen molar-refractivity contribution in [1.82, 2.24) is 4.98 Å². The van der Waals surface area contributed by atoms with Crippen molar-refractivity contribution in [2.75, 3.05) is 26.8 Å². The number of methoxy groups -OCH3 is 3. The highest BCUT2D eigenvalue weighted by atomic mass is 19.1. The molecule has 0 spiro atoms. The number of oxazole rings is 1. The molecule has 148 valence electrons. The van der Waals surface area contributed by atoms with Crippen LogP contribution < -0.4 is 19.6 Å². The van der Waals surface area contributed by atoms with E-state index < -0.39 is 0 Å². The Bertz CT molecular complexity index is 1050. The number of hydrogen-bond donors (Lipinski definition) is 1. The Kier molecular flexibility index (Phi) is 5.94. The number of benzene rings is 2. The van der Waals surface area contributed by atoms with Crippen LogP contribution >= 0.6 is 0 Å². The first kappa shape index (κ1) is 19.7. The summed E-state index contributed by atoms with van der Waals surface area (Å²) in [6, 6.07) is 10.9. The summed E-state index contributed by atoms with van der Waals surface area (Å²) in [4.78, 5) is 4.09. The number of ether oxygens (including phenoxy) is 3. The molecule has 0 amide bonds. The van der Waals surface area contributed by atoms with Crippen molar-refractivity contribution in [3.63, 3.8) is 0 Å². The summed E-state index contributed by atoms with van der Waals surface area (Å²) in [5.74, 6) is 1.27. The van der Waals surface area contributed by atoms with Crippen LogP contribution in [0.4, 0.5) is 10.3 Å². The van der Waals surface area contributed by atoms with Gasteiger partial charge in [0.2, 0.25) is 17.3 Å². The average Bonchev–Trinajstić information content (AvgIpc) is 3.16. The van der Waals surface area contributed by atoms with Crippen LogP contribution in [0.15, 0.2) is 45.9 Å². The van der Waals surface area contributed by atoms with E-state index in [1.165, 1.54) is 51.8 Å². The highest BCUT2D eigenvalue weighted by Crippen LogP contribution is 2.37. The number of rotatable bonds is 7. The normalized spacial score (nSPS) is 10.6. The molecule has 0 atom stereocenters. The van der Waals surface area contributed by atoms with Crippen LogP contribution in [0.25, 0.3) is 11.5 Å². The number of hydrogen-bond acceptors (Lipinski definition) is 8. The van der Waals surface area contributed by atoms with Crippen molar-refractivity contribution in [1.29, 1.82) is 5.26 Å². The molecule has 0 aliphatic rings. The summed E-state index contributed by atoms with van der Waals surface area (Å²) in [5.41, 5.74) is 3.86. The van der Waals surface area contributed by atoms with E-state index in [0.29, 0.717) is 28.4 Å². The fraction of sp³-hybridized carbons (Fsp3) is 0.150. The highest BCUT2D eigenvalue weighted by Gasteiger charge is 2.15. The summed E-state index contributed by atoms with van der Waals surface area (Å²) in [6.45, 7) is 0. The maximum atomic E-state index is 13.1. The number of hydrazone groups is 1. The predicted octanol–water partition coefficient (Wildman–Crippen LogP) is 3.82. The van der Waals surface area contributed by atoms with Crippen molar-refractivity contribution in [3.8, 4) is 34.8 Å². The molecular formula is C20H17FN4O4. The molecule has 0 saturated carbocycles. The molecule has 2 aromatic carbocycles. The molecule has 0 bridgehead atoms. The summed E-state index contributed by atoms with van der Waals surface area (Å²) in [7, 11) is 4.55. The van der Waals surface area contributed by atoms with E-state index >= 15 is 0 Å². The molecule has 0 radical (unpaired) electrons. The van der Waals surface area contributed by atoms with E-state index in [0.717, 1.165) is 0 Å². The molecule has 8 nitrogen and oxygen atoms in total. The molecule has 0 fully saturated rings. The van der Waals surface area contributed by atoms with Crippen LogP contribution in [-0.4, -0.2) is 32.5 Å². The second-order valence-corrected chi connectivity index (χ2v) is 5.64. The van der Waals surface area contributed by atoms with Gasteiger partial charge in [-0.3, -0.25) is 0 Å². The molecular weight excluding hydrogens is 379 g/mol. The lowest BCUT2D eigenvalue weighted by atomic mass is 10.2. The van der Waals surface area contributed by atoms with Gasteiger partial charge in [0.1, 0.15) is 11.9 Å². The van der Waals surface area contributed by atoms with Crippen molar-refractivity contribution < 1.29 is 23.0 Å². The maximum Gasteiger partial charge on any atom is 0.252 e. The minimum atomic E-state index is -0.380. The predicted molar refractivity (Wildman–Crippen MR) is 104 cm³/mol.